The Labute approximate surface area is 325 Å². The number of fused-ring (bicyclic) bond motifs is 2. The minimum absolute atomic E-state index is 0.0508. The summed E-state index contributed by atoms with van der Waals surface area (Å²) in [5.74, 6) is -1.79. The molecule has 0 bridgehead atoms. The molecule has 3 aliphatic rings. The van der Waals surface area contributed by atoms with E-state index < -0.39 is 42.4 Å². The van der Waals surface area contributed by atoms with Crippen LogP contribution in [0.15, 0.2) is 108 Å². The van der Waals surface area contributed by atoms with Crippen LogP contribution in [0.5, 0.6) is 0 Å². The number of aliphatic hydroxyl groups is 1. The molecule has 4 atom stereocenters. The number of carbonyl (C=O) groups excluding carboxylic acids is 3. The summed E-state index contributed by atoms with van der Waals surface area (Å²) in [5.41, 5.74) is 1.65. The van der Waals surface area contributed by atoms with Crippen LogP contribution in [0.4, 0.5) is 21.2 Å². The predicted molar refractivity (Wildman–Crippen MR) is 212 cm³/mol. The highest BCUT2D eigenvalue weighted by molar-refractivity contribution is 6.72. The van der Waals surface area contributed by atoms with Gasteiger partial charge in [0, 0.05) is 55.1 Å². The van der Waals surface area contributed by atoms with Crippen molar-refractivity contribution in [3.63, 3.8) is 0 Å². The number of benzene rings is 4. The fraction of sp³-hybridized carbons (Fsp3) is 0.333. The largest absolute Gasteiger partial charge is 0.395 e. The number of nitro benzene ring substituents is 1. The molecule has 0 radical (unpaired) electrons. The molecule has 4 aromatic carbocycles. The molecule has 3 heterocycles. The molecule has 14 heteroatoms. The maximum absolute atomic E-state index is 16.5. The van der Waals surface area contributed by atoms with Crippen molar-refractivity contribution >= 4 is 48.9 Å². The first-order chi connectivity index (χ1) is 26.8. The average molecular weight is 778 g/mol. The number of nitro groups is 1. The van der Waals surface area contributed by atoms with Crippen LogP contribution >= 0.6 is 0 Å². The molecule has 0 unspecified atom stereocenters. The quantitative estimate of drug-likeness (QED) is 0.0716. The molecule has 1 saturated heterocycles. The Morgan fingerprint density at radius 1 is 1.00 bits per heavy atom. The first-order valence-electron chi connectivity index (χ1n) is 18.8. The van der Waals surface area contributed by atoms with Crippen molar-refractivity contribution in [1.82, 2.24) is 4.90 Å². The van der Waals surface area contributed by atoms with Crippen LogP contribution in [0.2, 0.25) is 18.6 Å². The van der Waals surface area contributed by atoms with E-state index in [1.54, 1.807) is 31.2 Å². The zero-order valence-corrected chi connectivity index (χ0v) is 32.5. The second kappa shape index (κ2) is 15.5. The van der Waals surface area contributed by atoms with Gasteiger partial charge in [0.1, 0.15) is 0 Å². The molecular weight excluding hydrogens is 734 g/mol. The molecule has 0 aliphatic carbocycles. The Morgan fingerprint density at radius 3 is 2.32 bits per heavy atom. The molecule has 0 aromatic heterocycles. The Bertz CT molecular complexity index is 2170. The summed E-state index contributed by atoms with van der Waals surface area (Å²) in [6, 6.07) is 30.3. The zero-order chi connectivity index (χ0) is 39.8. The third-order valence-corrected chi connectivity index (χ3v) is 13.6. The van der Waals surface area contributed by atoms with Gasteiger partial charge < -0.3 is 23.8 Å². The minimum atomic E-state index is -3.67. The Kier molecular flexibility index (Phi) is 10.7. The van der Waals surface area contributed by atoms with E-state index in [0.29, 0.717) is 29.8 Å². The first-order valence-corrected chi connectivity index (χ1v) is 21.7. The average Bonchev–Trinajstić information content (AvgIpc) is 3.61. The number of anilines is 2. The van der Waals surface area contributed by atoms with Crippen LogP contribution in [-0.4, -0.2) is 66.0 Å². The van der Waals surface area contributed by atoms with Crippen LogP contribution in [0.1, 0.15) is 48.4 Å². The third kappa shape index (κ3) is 7.27. The number of aliphatic hydroxyl groups excluding tert-OH is 1. The number of amides is 3. The second-order valence-corrected chi connectivity index (χ2v) is 18.9. The molecule has 7 rings (SSSR count). The fourth-order valence-electron chi connectivity index (χ4n) is 8.54. The minimum Gasteiger partial charge on any atom is -0.395 e. The molecule has 12 nitrogen and oxygen atoms in total. The van der Waals surface area contributed by atoms with E-state index in [1.807, 2.05) is 60.7 Å². The smallest absolute Gasteiger partial charge is 0.269 e. The second-order valence-electron chi connectivity index (χ2n) is 15.1. The molecule has 290 valence electrons. The molecule has 4 aromatic rings. The number of carbonyl (C=O) groups is 3. The van der Waals surface area contributed by atoms with E-state index in [2.05, 4.69) is 5.10 Å². The summed E-state index contributed by atoms with van der Waals surface area (Å²) >= 11 is 0. The number of hydrazone groups is 1. The number of ether oxygens (including phenoxy) is 1. The maximum Gasteiger partial charge on any atom is 0.269 e. The predicted octanol–water partition coefficient (Wildman–Crippen LogP) is 6.86. The number of rotatable bonds is 12. The molecule has 3 aliphatic heterocycles. The van der Waals surface area contributed by atoms with Gasteiger partial charge in [-0.15, -0.1) is 0 Å². The van der Waals surface area contributed by atoms with Crippen LogP contribution in [0.3, 0.4) is 0 Å². The van der Waals surface area contributed by atoms with Crippen molar-refractivity contribution in [2.45, 2.75) is 69.6 Å². The lowest BCUT2D eigenvalue weighted by Gasteiger charge is -2.31. The van der Waals surface area contributed by atoms with E-state index >= 15 is 4.11 Å². The molecule has 56 heavy (non-hydrogen) atoms. The van der Waals surface area contributed by atoms with Gasteiger partial charge in [0.05, 0.1) is 47.7 Å². The number of non-ortho nitro benzene ring substituents is 1. The Hall–Kier alpha value is -5.57. The highest BCUT2D eigenvalue weighted by atomic mass is 28.4. The lowest BCUT2D eigenvalue weighted by atomic mass is 9.82. The molecule has 1 N–H and O–H groups in total. The highest BCUT2D eigenvalue weighted by Crippen LogP contribution is 2.60. The van der Waals surface area contributed by atoms with Gasteiger partial charge in [-0.05, 0) is 48.0 Å². The molecule has 1 spiro atoms. The van der Waals surface area contributed by atoms with Gasteiger partial charge in [-0.3, -0.25) is 24.5 Å². The van der Waals surface area contributed by atoms with E-state index in [0.717, 1.165) is 16.8 Å². The summed E-state index contributed by atoms with van der Waals surface area (Å²) in [6.07, 6.45) is -0.424. The van der Waals surface area contributed by atoms with Crippen molar-refractivity contribution < 1.29 is 33.3 Å². The van der Waals surface area contributed by atoms with Gasteiger partial charge in [0.25, 0.3) is 11.6 Å². The molecule has 3 amide bonds. The van der Waals surface area contributed by atoms with Gasteiger partial charge in [0.15, 0.2) is 5.60 Å². The number of nitrogens with zero attached hydrogens (tertiary/aromatic N) is 5. The molecule has 0 saturated carbocycles. The topological polar surface area (TPSA) is 146 Å². The summed E-state index contributed by atoms with van der Waals surface area (Å²) in [6.45, 7) is 4.83. The van der Waals surface area contributed by atoms with E-state index in [-0.39, 0.29) is 55.7 Å². The lowest BCUT2D eigenvalue weighted by molar-refractivity contribution is -0.385. The van der Waals surface area contributed by atoms with Gasteiger partial charge in [0.2, 0.25) is 20.2 Å². The van der Waals surface area contributed by atoms with E-state index in [1.165, 1.54) is 46.1 Å². The lowest BCUT2D eigenvalue weighted by Crippen LogP contribution is -2.45. The summed E-state index contributed by atoms with van der Waals surface area (Å²) in [5, 5.41) is 27.9. The zero-order valence-electron chi connectivity index (χ0n) is 31.5. The monoisotopic (exact) mass is 777 g/mol. The number of hydrogen-bond acceptors (Lipinski definition) is 8. The van der Waals surface area contributed by atoms with Crippen LogP contribution in [-0.2, 0) is 37.8 Å². The van der Waals surface area contributed by atoms with Gasteiger partial charge >= 0.3 is 0 Å². The van der Waals surface area contributed by atoms with Crippen molar-refractivity contribution in [2.24, 2.45) is 11.0 Å². The fourth-order valence-corrected chi connectivity index (χ4v) is 11.0. The highest BCUT2D eigenvalue weighted by Gasteiger charge is 2.67. The number of hydrogen-bond donors (Lipinski definition) is 1. The van der Waals surface area contributed by atoms with Crippen LogP contribution in [0, 0.1) is 16.0 Å². The van der Waals surface area contributed by atoms with Crippen molar-refractivity contribution in [3.8, 4) is 0 Å². The van der Waals surface area contributed by atoms with Crippen LogP contribution in [0.25, 0.3) is 0 Å². The van der Waals surface area contributed by atoms with Crippen molar-refractivity contribution in [3.05, 3.63) is 135 Å². The van der Waals surface area contributed by atoms with Crippen molar-refractivity contribution in [1.29, 1.82) is 0 Å². The standard InChI is InChI=1S/C42H44FN5O7Si/c1-28-40(56(2,3)43)37(25-39(51)45(22-23-49)26-29-10-6-4-7-11-29)55-42(28)34-24-33(48(53)54)18-20-36(34)46(41(42)52)27-30-14-16-32(17-15-30)47-38(50)21-19-35(44-47)31-12-8-5-9-13-31/h4-18,20,24,28,37,40,49H,19,21-23,25-27H2,1-3H3/t28-,37+,40-,42+/m0/s1. The van der Waals surface area contributed by atoms with Gasteiger partial charge in [-0.25, -0.2) is 5.01 Å². The van der Waals surface area contributed by atoms with E-state index in [4.69, 9.17) is 4.74 Å². The summed E-state index contributed by atoms with van der Waals surface area (Å²) in [7, 11) is -3.67. The van der Waals surface area contributed by atoms with E-state index in [9.17, 15) is 29.6 Å². The Morgan fingerprint density at radius 2 is 1.68 bits per heavy atom. The summed E-state index contributed by atoms with van der Waals surface area (Å²) < 4.78 is 23.2. The normalized spacial score (nSPS) is 22.0. The first kappa shape index (κ1) is 38.7. The molecule has 1 fully saturated rings. The SMILES string of the molecule is C[C@H]1[C@H]([Si](C)(C)F)[C@@H](CC(=O)N(CCO)Cc2ccccc2)O[C@]12C(=O)N(Cc1ccc(N3N=C(c4ccccc4)CCC3=O)cc1)c1ccc([N+](=O)[O-])cc12. The Balaban J connectivity index is 1.19. The van der Waals surface area contributed by atoms with Crippen LogP contribution < -0.4 is 9.91 Å². The number of halogens is 1. The third-order valence-electron chi connectivity index (χ3n) is 11.1. The van der Waals surface area contributed by atoms with Gasteiger partial charge in [-0.1, -0.05) is 79.7 Å². The molecular formula is C42H44FN5O7Si. The maximum atomic E-state index is 16.5. The summed E-state index contributed by atoms with van der Waals surface area (Å²) in [4.78, 5) is 56.3. The van der Waals surface area contributed by atoms with Gasteiger partial charge in [-0.2, -0.15) is 5.10 Å². The van der Waals surface area contributed by atoms with Crippen molar-refractivity contribution in [2.75, 3.05) is 23.1 Å².